The third kappa shape index (κ3) is 4.54. The number of hydrogen-bond acceptors (Lipinski definition) is 5. The predicted molar refractivity (Wildman–Crippen MR) is 81.2 cm³/mol. The molecule has 2 N–H and O–H groups in total. The number of aromatic nitrogens is 1. The first-order valence-electron chi connectivity index (χ1n) is 6.53. The van der Waals surface area contributed by atoms with Crippen molar-refractivity contribution >= 4 is 9.84 Å². The molecule has 0 spiro atoms. The van der Waals surface area contributed by atoms with Crippen LogP contribution in [0.1, 0.15) is 12.5 Å². The van der Waals surface area contributed by atoms with Crippen LogP contribution in [0.3, 0.4) is 0 Å². The van der Waals surface area contributed by atoms with Gasteiger partial charge in [0.1, 0.15) is 5.75 Å². The number of rotatable bonds is 5. The SMILES string of the molecule is CC(N)Cc1ccc(Oc2ccc(S(C)(=O)=O)cc2)nc1. The molecule has 0 saturated carbocycles. The van der Waals surface area contributed by atoms with Crippen LogP contribution in [0.5, 0.6) is 11.6 Å². The molecule has 0 aliphatic rings. The molecule has 0 radical (unpaired) electrons. The molecule has 1 unspecified atom stereocenters. The van der Waals surface area contributed by atoms with Gasteiger partial charge in [-0.1, -0.05) is 6.07 Å². The monoisotopic (exact) mass is 306 g/mol. The zero-order chi connectivity index (χ0) is 15.5. The Balaban J connectivity index is 2.08. The Labute approximate surface area is 124 Å². The summed E-state index contributed by atoms with van der Waals surface area (Å²) in [5, 5.41) is 0. The molecule has 0 aliphatic carbocycles. The first-order chi connectivity index (χ1) is 9.84. The van der Waals surface area contributed by atoms with Gasteiger partial charge in [-0.2, -0.15) is 0 Å². The van der Waals surface area contributed by atoms with Crippen LogP contribution in [-0.2, 0) is 16.3 Å². The molecule has 1 aromatic carbocycles. The van der Waals surface area contributed by atoms with Gasteiger partial charge in [-0.3, -0.25) is 0 Å². The van der Waals surface area contributed by atoms with Crippen LogP contribution < -0.4 is 10.5 Å². The van der Waals surface area contributed by atoms with Gasteiger partial charge >= 0.3 is 0 Å². The highest BCUT2D eigenvalue weighted by atomic mass is 32.2. The van der Waals surface area contributed by atoms with Gasteiger partial charge < -0.3 is 10.5 Å². The Morgan fingerprint density at radius 1 is 1.19 bits per heavy atom. The maximum Gasteiger partial charge on any atom is 0.219 e. The van der Waals surface area contributed by atoms with Crippen molar-refractivity contribution in [2.45, 2.75) is 24.3 Å². The van der Waals surface area contributed by atoms with Crippen LogP contribution in [0.15, 0.2) is 47.5 Å². The Kier molecular flexibility index (Phi) is 4.59. The topological polar surface area (TPSA) is 82.3 Å². The van der Waals surface area contributed by atoms with Gasteiger partial charge in [0, 0.05) is 24.6 Å². The van der Waals surface area contributed by atoms with E-state index in [0.29, 0.717) is 11.6 Å². The lowest BCUT2D eigenvalue weighted by atomic mass is 10.1. The quantitative estimate of drug-likeness (QED) is 0.915. The fraction of sp³-hybridized carbons (Fsp3) is 0.267. The van der Waals surface area contributed by atoms with E-state index < -0.39 is 9.84 Å². The van der Waals surface area contributed by atoms with Crippen LogP contribution >= 0.6 is 0 Å². The lowest BCUT2D eigenvalue weighted by Gasteiger charge is -2.07. The molecule has 2 aromatic rings. The van der Waals surface area contributed by atoms with E-state index in [9.17, 15) is 8.42 Å². The minimum Gasteiger partial charge on any atom is -0.439 e. The van der Waals surface area contributed by atoms with Crippen LogP contribution in [-0.4, -0.2) is 25.7 Å². The number of pyridine rings is 1. The number of nitrogens with zero attached hydrogens (tertiary/aromatic N) is 1. The molecule has 2 rings (SSSR count). The fourth-order valence-corrected chi connectivity index (χ4v) is 2.47. The van der Waals surface area contributed by atoms with Crippen molar-refractivity contribution in [3.05, 3.63) is 48.2 Å². The summed E-state index contributed by atoms with van der Waals surface area (Å²) in [6.45, 7) is 1.94. The van der Waals surface area contributed by atoms with Gasteiger partial charge in [-0.25, -0.2) is 13.4 Å². The average Bonchev–Trinajstić information content (AvgIpc) is 2.40. The molecule has 21 heavy (non-hydrogen) atoms. The van der Waals surface area contributed by atoms with Crippen LogP contribution in [0.2, 0.25) is 0 Å². The normalized spacial score (nSPS) is 12.9. The van der Waals surface area contributed by atoms with Crippen molar-refractivity contribution in [1.82, 2.24) is 4.98 Å². The largest absolute Gasteiger partial charge is 0.439 e. The predicted octanol–water partition coefficient (Wildman–Crippen LogP) is 2.17. The minimum atomic E-state index is -3.19. The Morgan fingerprint density at radius 2 is 1.86 bits per heavy atom. The second-order valence-corrected chi connectivity index (χ2v) is 7.05. The summed E-state index contributed by atoms with van der Waals surface area (Å²) >= 11 is 0. The third-order valence-corrected chi connectivity index (χ3v) is 3.96. The molecule has 6 heteroatoms. The number of nitrogens with two attached hydrogens (primary N) is 1. The molecule has 112 valence electrons. The van der Waals surface area contributed by atoms with E-state index in [1.165, 1.54) is 18.4 Å². The Hall–Kier alpha value is -1.92. The minimum absolute atomic E-state index is 0.0853. The summed E-state index contributed by atoms with van der Waals surface area (Å²) in [6.07, 6.45) is 3.65. The van der Waals surface area contributed by atoms with Crippen LogP contribution in [0, 0.1) is 0 Å². The maximum atomic E-state index is 11.4. The zero-order valence-corrected chi connectivity index (χ0v) is 12.8. The molecule has 0 amide bonds. The van der Waals surface area contributed by atoms with Gasteiger partial charge in [0.2, 0.25) is 5.88 Å². The lowest BCUT2D eigenvalue weighted by molar-refractivity contribution is 0.462. The van der Waals surface area contributed by atoms with Crippen LogP contribution in [0.4, 0.5) is 0 Å². The van der Waals surface area contributed by atoms with E-state index in [4.69, 9.17) is 10.5 Å². The van der Waals surface area contributed by atoms with Gasteiger partial charge in [-0.05, 0) is 43.2 Å². The van der Waals surface area contributed by atoms with Crippen molar-refractivity contribution in [1.29, 1.82) is 0 Å². The standard InChI is InChI=1S/C15H18N2O3S/c1-11(16)9-12-3-8-15(17-10-12)20-13-4-6-14(7-5-13)21(2,18)19/h3-8,10-11H,9,16H2,1-2H3. The van der Waals surface area contributed by atoms with Crippen molar-refractivity contribution in [2.75, 3.05) is 6.26 Å². The number of ether oxygens (including phenoxy) is 1. The summed E-state index contributed by atoms with van der Waals surface area (Å²) in [6, 6.07) is 9.99. The van der Waals surface area contributed by atoms with Gasteiger partial charge in [0.05, 0.1) is 4.90 Å². The van der Waals surface area contributed by atoms with Crippen molar-refractivity contribution in [3.63, 3.8) is 0 Å². The Bertz CT molecular complexity index is 693. The number of hydrogen-bond donors (Lipinski definition) is 1. The molecule has 0 saturated heterocycles. The second kappa shape index (κ2) is 6.24. The molecule has 1 atom stereocenters. The molecular weight excluding hydrogens is 288 g/mol. The first kappa shape index (κ1) is 15.5. The number of benzene rings is 1. The van der Waals surface area contributed by atoms with Crippen molar-refractivity contribution < 1.29 is 13.2 Å². The molecule has 0 aliphatic heterocycles. The summed E-state index contributed by atoms with van der Waals surface area (Å²) in [4.78, 5) is 4.46. The van der Waals surface area contributed by atoms with E-state index in [2.05, 4.69) is 4.98 Å². The van der Waals surface area contributed by atoms with Crippen molar-refractivity contribution in [3.8, 4) is 11.6 Å². The maximum absolute atomic E-state index is 11.4. The molecule has 0 bridgehead atoms. The molecule has 0 fully saturated rings. The molecular formula is C15H18N2O3S. The van der Waals surface area contributed by atoms with E-state index in [1.807, 2.05) is 13.0 Å². The summed E-state index contributed by atoms with van der Waals surface area (Å²) in [5.74, 6) is 0.991. The lowest BCUT2D eigenvalue weighted by Crippen LogP contribution is -2.17. The van der Waals surface area contributed by atoms with Crippen molar-refractivity contribution in [2.24, 2.45) is 5.73 Å². The van der Waals surface area contributed by atoms with Crippen LogP contribution in [0.25, 0.3) is 0 Å². The van der Waals surface area contributed by atoms with E-state index in [0.717, 1.165) is 12.0 Å². The highest BCUT2D eigenvalue weighted by Gasteiger charge is 2.07. The second-order valence-electron chi connectivity index (χ2n) is 5.03. The highest BCUT2D eigenvalue weighted by molar-refractivity contribution is 7.90. The molecule has 1 aromatic heterocycles. The smallest absolute Gasteiger partial charge is 0.219 e. The van der Waals surface area contributed by atoms with E-state index >= 15 is 0 Å². The molecule has 5 nitrogen and oxygen atoms in total. The van der Waals surface area contributed by atoms with E-state index in [-0.39, 0.29) is 10.9 Å². The Morgan fingerprint density at radius 3 is 2.33 bits per heavy atom. The van der Waals surface area contributed by atoms with Gasteiger partial charge in [-0.15, -0.1) is 0 Å². The van der Waals surface area contributed by atoms with E-state index in [1.54, 1.807) is 24.4 Å². The summed E-state index contributed by atoms with van der Waals surface area (Å²) in [5.41, 5.74) is 6.77. The van der Waals surface area contributed by atoms with Gasteiger partial charge in [0.25, 0.3) is 0 Å². The average molecular weight is 306 g/mol. The first-order valence-corrected chi connectivity index (χ1v) is 8.42. The number of sulfone groups is 1. The third-order valence-electron chi connectivity index (χ3n) is 2.83. The zero-order valence-electron chi connectivity index (χ0n) is 12.0. The summed E-state index contributed by atoms with van der Waals surface area (Å²) < 4.78 is 28.3. The highest BCUT2D eigenvalue weighted by Crippen LogP contribution is 2.21. The summed E-state index contributed by atoms with van der Waals surface area (Å²) in [7, 11) is -3.19. The molecule has 1 heterocycles. The van der Waals surface area contributed by atoms with Gasteiger partial charge in [0.15, 0.2) is 9.84 Å². The fourth-order valence-electron chi connectivity index (χ4n) is 1.84.